The minimum Gasteiger partial charge on any atom is -0.296 e. The lowest BCUT2D eigenvalue weighted by Gasteiger charge is -2.13. The Hall–Kier alpha value is -2.82. The van der Waals surface area contributed by atoms with Gasteiger partial charge in [-0.3, -0.25) is 19.3 Å². The van der Waals surface area contributed by atoms with Crippen molar-refractivity contribution in [3.05, 3.63) is 65.0 Å². The molecule has 2 heterocycles. The van der Waals surface area contributed by atoms with Crippen LogP contribution in [0.5, 0.6) is 0 Å². The van der Waals surface area contributed by atoms with E-state index >= 15 is 0 Å². The maximum atomic E-state index is 12.2. The van der Waals surface area contributed by atoms with Crippen LogP contribution in [0.4, 0.5) is 0 Å². The van der Waals surface area contributed by atoms with Crippen LogP contribution in [0, 0.1) is 0 Å². The van der Waals surface area contributed by atoms with Gasteiger partial charge in [-0.25, -0.2) is 4.98 Å². The first-order valence-electron chi connectivity index (χ1n) is 6.07. The van der Waals surface area contributed by atoms with E-state index < -0.39 is 0 Å². The SMILES string of the molecule is O=Cc1cccc(CN2C(=O)c3ccccc3C2=O)n1. The molecule has 5 nitrogen and oxygen atoms in total. The lowest BCUT2D eigenvalue weighted by atomic mass is 10.1. The zero-order chi connectivity index (χ0) is 14.1. The second kappa shape index (κ2) is 4.70. The van der Waals surface area contributed by atoms with Gasteiger partial charge in [0.05, 0.1) is 23.4 Å². The van der Waals surface area contributed by atoms with Gasteiger partial charge in [0.15, 0.2) is 6.29 Å². The van der Waals surface area contributed by atoms with E-state index in [1.54, 1.807) is 42.5 Å². The molecule has 20 heavy (non-hydrogen) atoms. The average Bonchev–Trinajstić information content (AvgIpc) is 2.73. The first kappa shape index (κ1) is 12.2. The first-order chi connectivity index (χ1) is 9.70. The van der Waals surface area contributed by atoms with Crippen LogP contribution in [0.15, 0.2) is 42.5 Å². The summed E-state index contributed by atoms with van der Waals surface area (Å²) in [7, 11) is 0. The number of carbonyl (C=O) groups excluding carboxylic acids is 3. The Morgan fingerprint density at radius 3 is 2.20 bits per heavy atom. The number of imide groups is 1. The monoisotopic (exact) mass is 266 g/mol. The van der Waals surface area contributed by atoms with Gasteiger partial charge in [0.2, 0.25) is 0 Å². The number of hydrogen-bond acceptors (Lipinski definition) is 4. The van der Waals surface area contributed by atoms with E-state index in [1.165, 1.54) is 0 Å². The van der Waals surface area contributed by atoms with Crippen LogP contribution < -0.4 is 0 Å². The second-order valence-electron chi connectivity index (χ2n) is 4.41. The standard InChI is InChI=1S/C15H10N2O3/c18-9-11-5-3-4-10(16-11)8-17-14(19)12-6-1-2-7-13(12)15(17)20/h1-7,9H,8H2. The lowest BCUT2D eigenvalue weighted by molar-refractivity contribution is 0.0640. The minimum atomic E-state index is -0.330. The summed E-state index contributed by atoms with van der Waals surface area (Å²) in [6.45, 7) is 0.0635. The van der Waals surface area contributed by atoms with E-state index in [9.17, 15) is 14.4 Å². The smallest absolute Gasteiger partial charge is 0.261 e. The van der Waals surface area contributed by atoms with Crippen LogP contribution in [0.2, 0.25) is 0 Å². The van der Waals surface area contributed by atoms with Gasteiger partial charge in [-0.15, -0.1) is 0 Å². The van der Waals surface area contributed by atoms with Gasteiger partial charge in [-0.05, 0) is 24.3 Å². The number of fused-ring (bicyclic) bond motifs is 1. The van der Waals surface area contributed by atoms with Crippen molar-refractivity contribution in [2.24, 2.45) is 0 Å². The van der Waals surface area contributed by atoms with E-state index in [0.29, 0.717) is 23.1 Å². The zero-order valence-electron chi connectivity index (χ0n) is 10.4. The predicted octanol–water partition coefficient (Wildman–Crippen LogP) is 1.69. The highest BCUT2D eigenvalue weighted by molar-refractivity contribution is 6.21. The molecule has 5 heteroatoms. The minimum absolute atomic E-state index is 0.0635. The van der Waals surface area contributed by atoms with E-state index in [4.69, 9.17) is 0 Å². The fourth-order valence-electron chi connectivity index (χ4n) is 2.20. The molecule has 0 spiro atoms. The Labute approximate surface area is 114 Å². The van der Waals surface area contributed by atoms with Gasteiger partial charge in [0.1, 0.15) is 5.69 Å². The molecule has 0 saturated heterocycles. The van der Waals surface area contributed by atoms with E-state index in [1.807, 2.05) is 0 Å². The van der Waals surface area contributed by atoms with Gasteiger partial charge in [-0.2, -0.15) is 0 Å². The predicted molar refractivity (Wildman–Crippen MR) is 70.3 cm³/mol. The first-order valence-corrected chi connectivity index (χ1v) is 6.07. The molecule has 3 rings (SSSR count). The molecule has 2 aromatic rings. The molecular weight excluding hydrogens is 256 g/mol. The number of aldehydes is 1. The van der Waals surface area contributed by atoms with E-state index in [2.05, 4.69) is 4.98 Å². The molecule has 0 fully saturated rings. The highest BCUT2D eigenvalue weighted by Crippen LogP contribution is 2.23. The molecule has 0 saturated carbocycles. The molecule has 0 unspecified atom stereocenters. The molecule has 98 valence electrons. The van der Waals surface area contributed by atoms with Crippen molar-refractivity contribution in [2.45, 2.75) is 6.54 Å². The summed E-state index contributed by atoms with van der Waals surface area (Å²) < 4.78 is 0. The molecule has 1 aromatic carbocycles. The molecule has 0 atom stereocenters. The van der Waals surface area contributed by atoms with Gasteiger partial charge in [-0.1, -0.05) is 18.2 Å². The van der Waals surface area contributed by atoms with Crippen LogP contribution in [0.1, 0.15) is 36.9 Å². The fourth-order valence-corrected chi connectivity index (χ4v) is 2.20. The Balaban J connectivity index is 1.91. The van der Waals surface area contributed by atoms with Crippen molar-refractivity contribution in [3.63, 3.8) is 0 Å². The Morgan fingerprint density at radius 1 is 0.950 bits per heavy atom. The number of hydrogen-bond donors (Lipinski definition) is 0. The Bertz CT molecular complexity index is 690. The highest BCUT2D eigenvalue weighted by Gasteiger charge is 2.35. The van der Waals surface area contributed by atoms with E-state index in [-0.39, 0.29) is 24.1 Å². The van der Waals surface area contributed by atoms with Gasteiger partial charge < -0.3 is 0 Å². The quantitative estimate of drug-likeness (QED) is 0.626. The maximum absolute atomic E-state index is 12.2. The molecule has 0 aliphatic carbocycles. The number of carbonyl (C=O) groups is 3. The highest BCUT2D eigenvalue weighted by atomic mass is 16.2. The van der Waals surface area contributed by atoms with Crippen molar-refractivity contribution in [3.8, 4) is 0 Å². The summed E-state index contributed by atoms with van der Waals surface area (Å²) in [6.07, 6.45) is 0.631. The summed E-state index contributed by atoms with van der Waals surface area (Å²) in [4.78, 5) is 40.3. The van der Waals surface area contributed by atoms with Crippen LogP contribution in [0.3, 0.4) is 0 Å². The molecule has 0 N–H and O–H groups in total. The van der Waals surface area contributed by atoms with Crippen LogP contribution in [0.25, 0.3) is 0 Å². The second-order valence-corrected chi connectivity index (χ2v) is 4.41. The maximum Gasteiger partial charge on any atom is 0.261 e. The van der Waals surface area contributed by atoms with Gasteiger partial charge in [0, 0.05) is 0 Å². The van der Waals surface area contributed by atoms with Gasteiger partial charge >= 0.3 is 0 Å². The molecule has 0 radical (unpaired) electrons. The number of pyridine rings is 1. The molecular formula is C15H10N2O3. The van der Waals surface area contributed by atoms with Crippen LogP contribution >= 0.6 is 0 Å². The lowest BCUT2D eigenvalue weighted by Crippen LogP contribution is -2.29. The molecule has 1 aliphatic rings. The largest absolute Gasteiger partial charge is 0.296 e. The average molecular weight is 266 g/mol. The number of amides is 2. The number of rotatable bonds is 3. The van der Waals surface area contributed by atoms with Crippen molar-refractivity contribution < 1.29 is 14.4 Å². The van der Waals surface area contributed by atoms with Crippen LogP contribution in [-0.2, 0) is 6.54 Å². The number of aromatic nitrogens is 1. The number of benzene rings is 1. The summed E-state index contributed by atoms with van der Waals surface area (Å²) in [5, 5.41) is 0. The zero-order valence-corrected chi connectivity index (χ0v) is 10.4. The van der Waals surface area contributed by atoms with Gasteiger partial charge in [0.25, 0.3) is 11.8 Å². The van der Waals surface area contributed by atoms with E-state index in [0.717, 1.165) is 4.90 Å². The fraction of sp³-hybridized carbons (Fsp3) is 0.0667. The summed E-state index contributed by atoms with van der Waals surface area (Å²) >= 11 is 0. The molecule has 0 bridgehead atoms. The normalized spacial score (nSPS) is 13.5. The third-order valence-corrected chi connectivity index (χ3v) is 3.15. The summed E-state index contributed by atoms with van der Waals surface area (Å²) in [5.41, 5.74) is 1.59. The van der Waals surface area contributed by atoms with Crippen molar-refractivity contribution in [2.75, 3.05) is 0 Å². The van der Waals surface area contributed by atoms with Crippen LogP contribution in [-0.4, -0.2) is 28.0 Å². The summed E-state index contributed by atoms with van der Waals surface area (Å²) in [6, 6.07) is 11.6. The number of nitrogens with zero attached hydrogens (tertiary/aromatic N) is 2. The molecule has 1 aromatic heterocycles. The molecule has 1 aliphatic heterocycles. The van der Waals surface area contributed by atoms with Crippen molar-refractivity contribution in [1.29, 1.82) is 0 Å². The van der Waals surface area contributed by atoms with Crippen molar-refractivity contribution in [1.82, 2.24) is 9.88 Å². The Morgan fingerprint density at radius 2 is 1.60 bits per heavy atom. The molecule has 2 amide bonds. The Kier molecular flexibility index (Phi) is 2.87. The summed E-state index contributed by atoms with van der Waals surface area (Å²) in [5.74, 6) is -0.659. The third-order valence-electron chi connectivity index (χ3n) is 3.15. The topological polar surface area (TPSA) is 67.3 Å². The third kappa shape index (κ3) is 1.89. The van der Waals surface area contributed by atoms with Crippen molar-refractivity contribution >= 4 is 18.1 Å².